The van der Waals surface area contributed by atoms with E-state index in [0.29, 0.717) is 42.4 Å². The Kier molecular flexibility index (Phi) is 6.67. The van der Waals surface area contributed by atoms with Crippen molar-refractivity contribution in [3.05, 3.63) is 70.2 Å². The third-order valence-electron chi connectivity index (χ3n) is 6.53. The Morgan fingerprint density at radius 3 is 2.57 bits per heavy atom. The van der Waals surface area contributed by atoms with Crippen molar-refractivity contribution >= 4 is 23.2 Å². The number of hydrogen-bond donors (Lipinski definition) is 0. The number of carbonyl (C=O) groups is 2. The number of hydrogen-bond acceptors (Lipinski definition) is 6. The number of fused-ring (bicyclic) bond motifs is 1. The highest BCUT2D eigenvalue weighted by Crippen LogP contribution is 2.30. The van der Waals surface area contributed by atoms with Crippen LogP contribution in [0, 0.1) is 13.8 Å². The first-order valence-electron chi connectivity index (χ1n) is 11.7. The normalized spacial score (nSPS) is 19.6. The Morgan fingerprint density at radius 1 is 1.08 bits per heavy atom. The lowest BCUT2D eigenvalue weighted by Gasteiger charge is -2.36. The van der Waals surface area contributed by atoms with E-state index in [0.717, 1.165) is 11.1 Å². The van der Waals surface area contributed by atoms with Crippen LogP contribution >= 0.6 is 11.3 Å². The molecular formula is C26H24F3N3O4S. The number of amides is 2. The number of halogens is 3. The molecule has 0 N–H and O–H groups in total. The molecule has 2 fully saturated rings. The van der Waals surface area contributed by atoms with Gasteiger partial charge < -0.3 is 19.3 Å². The summed E-state index contributed by atoms with van der Waals surface area (Å²) in [5, 5.41) is 2.14. The summed E-state index contributed by atoms with van der Waals surface area (Å²) in [6, 6.07) is 10.8. The molecule has 0 saturated carbocycles. The topological polar surface area (TPSA) is 72.0 Å². The van der Waals surface area contributed by atoms with E-state index in [1.807, 2.05) is 32.0 Å². The Hall–Kier alpha value is -3.44. The van der Waals surface area contributed by atoms with Gasteiger partial charge in [0.15, 0.2) is 0 Å². The standard InChI is InChI=1S/C26H24F3N3O4S/c1-15-3-4-16(2)19(11-15)24(33)31-12-21-22(13-31)35-10-9-32(21)25(34)20-14-37-23(30-20)17-5-7-18(8-6-17)36-26(27,28)29/h3-8,11,14,21-22H,9-10,12-13H2,1-2H3/t21-,22+/m0/s1. The van der Waals surface area contributed by atoms with Crippen molar-refractivity contribution in [1.82, 2.24) is 14.8 Å². The van der Waals surface area contributed by atoms with Crippen molar-refractivity contribution in [2.45, 2.75) is 32.4 Å². The van der Waals surface area contributed by atoms with Crippen molar-refractivity contribution < 1.29 is 32.2 Å². The number of morpholine rings is 1. The molecule has 3 aromatic rings. The minimum Gasteiger partial charge on any atom is -0.406 e. The maximum atomic E-state index is 13.4. The van der Waals surface area contributed by atoms with Crippen LogP contribution in [0.1, 0.15) is 32.0 Å². The molecule has 2 aliphatic rings. The number of alkyl halides is 3. The molecule has 0 bridgehead atoms. The summed E-state index contributed by atoms with van der Waals surface area (Å²) in [6.45, 7) is 5.34. The first-order valence-corrected chi connectivity index (χ1v) is 12.6. The molecule has 37 heavy (non-hydrogen) atoms. The molecule has 2 amide bonds. The van der Waals surface area contributed by atoms with Crippen molar-refractivity contribution in [3.63, 3.8) is 0 Å². The third kappa shape index (κ3) is 5.33. The molecular weight excluding hydrogens is 507 g/mol. The number of aryl methyl sites for hydroxylation is 2. The smallest absolute Gasteiger partial charge is 0.406 e. The summed E-state index contributed by atoms with van der Waals surface area (Å²) in [5.74, 6) is -0.677. The number of aromatic nitrogens is 1. The van der Waals surface area contributed by atoms with Gasteiger partial charge in [-0.25, -0.2) is 4.98 Å². The van der Waals surface area contributed by atoms with E-state index in [-0.39, 0.29) is 35.4 Å². The molecule has 0 unspecified atom stereocenters. The lowest BCUT2D eigenvalue weighted by molar-refractivity contribution is -0.274. The molecule has 0 radical (unpaired) electrons. The SMILES string of the molecule is Cc1ccc(C)c(C(=O)N2C[C@H]3OCCN(C(=O)c4csc(-c5ccc(OC(F)(F)F)cc5)n4)[C@H]3C2)c1. The van der Waals surface area contributed by atoms with Gasteiger partial charge in [-0.05, 0) is 49.7 Å². The van der Waals surface area contributed by atoms with Crippen LogP contribution in [0.5, 0.6) is 5.75 Å². The maximum Gasteiger partial charge on any atom is 0.573 e. The summed E-state index contributed by atoms with van der Waals surface area (Å²) in [6.07, 6.45) is -5.05. The van der Waals surface area contributed by atoms with Crippen molar-refractivity contribution in [2.24, 2.45) is 0 Å². The third-order valence-corrected chi connectivity index (χ3v) is 7.42. The fourth-order valence-electron chi connectivity index (χ4n) is 4.69. The molecule has 0 aliphatic carbocycles. The number of carbonyl (C=O) groups excluding carboxylic acids is 2. The van der Waals surface area contributed by atoms with Crippen LogP contribution < -0.4 is 4.74 Å². The Morgan fingerprint density at radius 2 is 1.84 bits per heavy atom. The first-order chi connectivity index (χ1) is 17.6. The van der Waals surface area contributed by atoms with Gasteiger partial charge in [0.25, 0.3) is 11.8 Å². The fourth-order valence-corrected chi connectivity index (χ4v) is 5.49. The predicted octanol–water partition coefficient (Wildman–Crippen LogP) is 4.69. The number of rotatable bonds is 4. The van der Waals surface area contributed by atoms with Gasteiger partial charge in [0.1, 0.15) is 16.5 Å². The van der Waals surface area contributed by atoms with E-state index >= 15 is 0 Å². The summed E-state index contributed by atoms with van der Waals surface area (Å²) in [5.41, 5.74) is 3.36. The first kappa shape index (κ1) is 25.2. The molecule has 3 heterocycles. The number of nitrogens with zero attached hydrogens (tertiary/aromatic N) is 3. The zero-order valence-electron chi connectivity index (χ0n) is 20.1. The van der Waals surface area contributed by atoms with E-state index in [4.69, 9.17) is 4.74 Å². The Balaban J connectivity index is 1.30. The van der Waals surface area contributed by atoms with E-state index in [1.54, 1.807) is 15.2 Å². The van der Waals surface area contributed by atoms with Crippen LogP contribution in [-0.4, -0.2) is 71.3 Å². The molecule has 11 heteroatoms. The van der Waals surface area contributed by atoms with Gasteiger partial charge in [0, 0.05) is 36.1 Å². The molecule has 194 valence electrons. The van der Waals surface area contributed by atoms with Crippen molar-refractivity contribution in [2.75, 3.05) is 26.2 Å². The predicted molar refractivity (Wildman–Crippen MR) is 131 cm³/mol. The minimum atomic E-state index is -4.77. The van der Waals surface area contributed by atoms with Crippen LogP contribution in [0.4, 0.5) is 13.2 Å². The zero-order valence-corrected chi connectivity index (χ0v) is 20.9. The summed E-state index contributed by atoms with van der Waals surface area (Å²) in [7, 11) is 0. The summed E-state index contributed by atoms with van der Waals surface area (Å²) >= 11 is 1.23. The molecule has 5 rings (SSSR count). The number of ether oxygens (including phenoxy) is 2. The average molecular weight is 532 g/mol. The van der Waals surface area contributed by atoms with E-state index < -0.39 is 6.36 Å². The highest BCUT2D eigenvalue weighted by molar-refractivity contribution is 7.13. The van der Waals surface area contributed by atoms with E-state index in [9.17, 15) is 22.8 Å². The van der Waals surface area contributed by atoms with Gasteiger partial charge in [-0.3, -0.25) is 9.59 Å². The van der Waals surface area contributed by atoms with Crippen LogP contribution in [0.3, 0.4) is 0 Å². The highest BCUT2D eigenvalue weighted by atomic mass is 32.1. The summed E-state index contributed by atoms with van der Waals surface area (Å²) < 4.78 is 47.0. The second kappa shape index (κ2) is 9.79. The largest absolute Gasteiger partial charge is 0.573 e. The van der Waals surface area contributed by atoms with Crippen molar-refractivity contribution in [1.29, 1.82) is 0 Å². The maximum absolute atomic E-state index is 13.4. The van der Waals surface area contributed by atoms with Gasteiger partial charge in [0.05, 0.1) is 18.8 Å². The Labute approximate surface area is 215 Å². The van der Waals surface area contributed by atoms with Gasteiger partial charge in [-0.15, -0.1) is 24.5 Å². The highest BCUT2D eigenvalue weighted by Gasteiger charge is 2.44. The van der Waals surface area contributed by atoms with Gasteiger partial charge in [0.2, 0.25) is 0 Å². The van der Waals surface area contributed by atoms with Crippen LogP contribution in [0.15, 0.2) is 47.8 Å². The monoisotopic (exact) mass is 531 g/mol. The number of benzene rings is 2. The van der Waals surface area contributed by atoms with Gasteiger partial charge in [-0.2, -0.15) is 0 Å². The quantitative estimate of drug-likeness (QED) is 0.489. The molecule has 0 spiro atoms. The Bertz CT molecular complexity index is 1330. The van der Waals surface area contributed by atoms with Gasteiger partial charge >= 0.3 is 6.36 Å². The lowest BCUT2D eigenvalue weighted by Crippen LogP contribution is -2.53. The second-order valence-corrected chi connectivity index (χ2v) is 9.97. The molecule has 2 atom stereocenters. The lowest BCUT2D eigenvalue weighted by atomic mass is 10.0. The van der Waals surface area contributed by atoms with E-state index in [2.05, 4.69) is 9.72 Å². The molecule has 2 saturated heterocycles. The van der Waals surface area contributed by atoms with Crippen LogP contribution in [-0.2, 0) is 4.74 Å². The molecule has 2 aromatic carbocycles. The number of likely N-dealkylation sites (tertiary alicyclic amines) is 1. The molecule has 1 aromatic heterocycles. The van der Waals surface area contributed by atoms with Crippen LogP contribution in [0.25, 0.3) is 10.6 Å². The summed E-state index contributed by atoms with van der Waals surface area (Å²) in [4.78, 5) is 34.6. The second-order valence-electron chi connectivity index (χ2n) is 9.11. The fraction of sp³-hybridized carbons (Fsp3) is 0.346. The molecule has 7 nitrogen and oxygen atoms in total. The van der Waals surface area contributed by atoms with Crippen LogP contribution in [0.2, 0.25) is 0 Å². The molecule has 2 aliphatic heterocycles. The average Bonchev–Trinajstić information content (AvgIpc) is 3.52. The van der Waals surface area contributed by atoms with Gasteiger partial charge in [-0.1, -0.05) is 17.7 Å². The van der Waals surface area contributed by atoms with E-state index in [1.165, 1.54) is 35.6 Å². The van der Waals surface area contributed by atoms with Crippen molar-refractivity contribution in [3.8, 4) is 16.3 Å². The minimum absolute atomic E-state index is 0.0829. The number of thiazole rings is 1. The zero-order chi connectivity index (χ0) is 26.3.